The predicted octanol–water partition coefficient (Wildman–Crippen LogP) is 5.75. The molecule has 3 aromatic carbocycles. The smallest absolute Gasteiger partial charge is 0.264 e. The van der Waals surface area contributed by atoms with Gasteiger partial charge < -0.3 is 15.0 Å². The van der Waals surface area contributed by atoms with Gasteiger partial charge in [-0.2, -0.15) is 0 Å². The zero-order chi connectivity index (χ0) is 30.4. The van der Waals surface area contributed by atoms with Gasteiger partial charge in [0.1, 0.15) is 18.3 Å². The van der Waals surface area contributed by atoms with Gasteiger partial charge in [0.05, 0.1) is 22.2 Å². The fourth-order valence-electron chi connectivity index (χ4n) is 5.04. The van der Waals surface area contributed by atoms with Crippen LogP contribution in [0.25, 0.3) is 0 Å². The Hall–Kier alpha value is -3.37. The molecule has 4 rings (SSSR count). The van der Waals surface area contributed by atoms with Crippen LogP contribution in [0.15, 0.2) is 76.1 Å². The Morgan fingerprint density at radius 3 is 2.14 bits per heavy atom. The number of methoxy groups -OCH3 is 1. The molecule has 0 heterocycles. The number of halogens is 1. The van der Waals surface area contributed by atoms with E-state index >= 15 is 0 Å². The van der Waals surface area contributed by atoms with Crippen molar-refractivity contribution in [3.05, 3.63) is 87.9 Å². The molecule has 42 heavy (non-hydrogen) atoms. The molecule has 10 heteroatoms. The molecule has 1 aliphatic carbocycles. The summed E-state index contributed by atoms with van der Waals surface area (Å²) in [6.07, 6.45) is 3.97. The van der Waals surface area contributed by atoms with Crippen LogP contribution in [-0.2, 0) is 26.2 Å². The quantitative estimate of drug-likeness (QED) is 0.284. The van der Waals surface area contributed by atoms with Crippen molar-refractivity contribution in [2.75, 3.05) is 18.0 Å². The van der Waals surface area contributed by atoms with E-state index < -0.39 is 28.5 Å². The normalized spacial score (nSPS) is 14.3. The van der Waals surface area contributed by atoms with Gasteiger partial charge in [0, 0.05) is 12.6 Å². The highest BCUT2D eigenvalue weighted by Crippen LogP contribution is 2.31. The molecule has 224 valence electrons. The van der Waals surface area contributed by atoms with E-state index in [0.29, 0.717) is 15.9 Å². The fraction of sp³-hybridized carbons (Fsp3) is 0.375. The van der Waals surface area contributed by atoms with Crippen LogP contribution < -0.4 is 14.4 Å². The molecule has 0 radical (unpaired) electrons. The summed E-state index contributed by atoms with van der Waals surface area (Å²) in [4.78, 5) is 28.9. The number of nitrogens with one attached hydrogen (secondary N) is 1. The summed E-state index contributed by atoms with van der Waals surface area (Å²) < 4.78 is 35.0. The Bertz CT molecular complexity index is 1500. The number of ether oxygens (including phenoxy) is 1. The molecule has 2 amide bonds. The molecule has 0 bridgehead atoms. The van der Waals surface area contributed by atoms with Gasteiger partial charge in [-0.1, -0.05) is 60.4 Å². The Morgan fingerprint density at radius 2 is 1.57 bits per heavy atom. The summed E-state index contributed by atoms with van der Waals surface area (Å²) in [6, 6.07) is 18.4. The number of nitrogens with zero attached hydrogens (tertiary/aromatic N) is 2. The number of aryl methyl sites for hydroxylation is 2. The zero-order valence-corrected chi connectivity index (χ0v) is 26.9. The highest BCUT2D eigenvalue weighted by atomic mass is 79.9. The van der Waals surface area contributed by atoms with Gasteiger partial charge in [-0.15, -0.1) is 0 Å². The molecule has 1 saturated carbocycles. The maximum atomic E-state index is 14.1. The van der Waals surface area contributed by atoms with Crippen LogP contribution in [0.4, 0.5) is 5.69 Å². The molecule has 0 spiro atoms. The minimum atomic E-state index is -4.19. The molecule has 0 aliphatic heterocycles. The van der Waals surface area contributed by atoms with Crippen LogP contribution in [0.2, 0.25) is 0 Å². The molecule has 1 N–H and O–H groups in total. The number of anilines is 1. The van der Waals surface area contributed by atoms with Crippen LogP contribution in [0.5, 0.6) is 5.75 Å². The van der Waals surface area contributed by atoms with Crippen molar-refractivity contribution >= 4 is 43.5 Å². The van der Waals surface area contributed by atoms with Crippen LogP contribution >= 0.6 is 15.9 Å². The summed E-state index contributed by atoms with van der Waals surface area (Å²) in [6.45, 7) is 5.26. The van der Waals surface area contributed by atoms with Gasteiger partial charge in [-0.05, 0) is 85.4 Å². The number of hydrogen-bond donors (Lipinski definition) is 1. The van der Waals surface area contributed by atoms with Crippen molar-refractivity contribution in [1.29, 1.82) is 0 Å². The number of benzene rings is 3. The molecule has 0 unspecified atom stereocenters. The first-order chi connectivity index (χ1) is 20.0. The number of amides is 2. The van der Waals surface area contributed by atoms with Gasteiger partial charge in [-0.3, -0.25) is 13.9 Å². The van der Waals surface area contributed by atoms with Gasteiger partial charge in [0.2, 0.25) is 11.8 Å². The van der Waals surface area contributed by atoms with E-state index in [1.807, 2.05) is 38.1 Å². The van der Waals surface area contributed by atoms with Crippen molar-refractivity contribution < 1.29 is 22.7 Å². The molecule has 1 atom stereocenters. The van der Waals surface area contributed by atoms with Crippen molar-refractivity contribution in [1.82, 2.24) is 10.2 Å². The van der Waals surface area contributed by atoms with Crippen LogP contribution in [0.3, 0.4) is 0 Å². The largest absolute Gasteiger partial charge is 0.496 e. The number of sulfonamides is 1. The van der Waals surface area contributed by atoms with E-state index in [-0.39, 0.29) is 23.4 Å². The lowest BCUT2D eigenvalue weighted by Gasteiger charge is -2.32. The minimum Gasteiger partial charge on any atom is -0.496 e. The van der Waals surface area contributed by atoms with E-state index in [9.17, 15) is 18.0 Å². The van der Waals surface area contributed by atoms with Gasteiger partial charge in [0.25, 0.3) is 10.0 Å². The molecule has 1 aliphatic rings. The molecule has 0 saturated heterocycles. The Morgan fingerprint density at radius 1 is 0.976 bits per heavy atom. The number of carbonyl (C=O) groups is 2. The molecule has 8 nitrogen and oxygen atoms in total. The van der Waals surface area contributed by atoms with E-state index in [1.165, 1.54) is 24.1 Å². The van der Waals surface area contributed by atoms with Gasteiger partial charge in [-0.25, -0.2) is 8.42 Å². The summed E-state index contributed by atoms with van der Waals surface area (Å²) in [5.41, 5.74) is 3.22. The second-order valence-corrected chi connectivity index (χ2v) is 13.5. The van der Waals surface area contributed by atoms with E-state index in [4.69, 9.17) is 4.74 Å². The maximum Gasteiger partial charge on any atom is 0.264 e. The Balaban J connectivity index is 1.69. The first kappa shape index (κ1) is 31.6. The van der Waals surface area contributed by atoms with Crippen LogP contribution in [0.1, 0.15) is 49.3 Å². The molecular weight excluding hydrogens is 618 g/mol. The minimum absolute atomic E-state index is 0.000611. The number of carbonyl (C=O) groups excluding carboxylic acids is 2. The highest BCUT2D eigenvalue weighted by Gasteiger charge is 2.33. The molecule has 0 aromatic heterocycles. The van der Waals surface area contributed by atoms with E-state index in [0.717, 1.165) is 46.7 Å². The lowest BCUT2D eigenvalue weighted by atomic mass is 10.1. The average Bonchev–Trinajstić information content (AvgIpc) is 3.48. The monoisotopic (exact) mass is 655 g/mol. The number of hydrogen-bond acceptors (Lipinski definition) is 5. The summed E-state index contributed by atoms with van der Waals surface area (Å²) >= 11 is 3.37. The van der Waals surface area contributed by atoms with Crippen LogP contribution in [-0.4, -0.2) is 50.9 Å². The highest BCUT2D eigenvalue weighted by molar-refractivity contribution is 9.10. The third kappa shape index (κ3) is 7.52. The van der Waals surface area contributed by atoms with Gasteiger partial charge in [0.15, 0.2) is 0 Å². The standard InChI is InChI=1S/C32H38BrN3O5S/c1-22-9-13-25(14-10-22)20-35(24(3)32(38)34-26-7-5-6-8-26)31(37)21-36(27-15-11-23(2)12-16-27)42(39,40)28-17-18-30(41-4)29(33)19-28/h9-19,24,26H,5-8,20-21H2,1-4H3,(H,34,38)/t24-/m1/s1. The maximum absolute atomic E-state index is 14.1. The van der Waals surface area contributed by atoms with Crippen molar-refractivity contribution in [2.24, 2.45) is 0 Å². The van der Waals surface area contributed by atoms with Crippen molar-refractivity contribution in [3.63, 3.8) is 0 Å². The summed E-state index contributed by atoms with van der Waals surface area (Å²) in [5.74, 6) is -0.245. The Kier molecular flexibility index (Phi) is 10.3. The van der Waals surface area contributed by atoms with E-state index in [1.54, 1.807) is 37.3 Å². The third-order valence-corrected chi connectivity index (χ3v) is 10.0. The molecule has 3 aromatic rings. The van der Waals surface area contributed by atoms with E-state index in [2.05, 4.69) is 21.2 Å². The second-order valence-electron chi connectivity index (χ2n) is 10.8. The lowest BCUT2D eigenvalue weighted by molar-refractivity contribution is -0.139. The third-order valence-electron chi connectivity index (χ3n) is 7.65. The summed E-state index contributed by atoms with van der Waals surface area (Å²) in [7, 11) is -2.69. The SMILES string of the molecule is COc1ccc(S(=O)(=O)N(CC(=O)N(Cc2ccc(C)cc2)[C@H](C)C(=O)NC2CCCC2)c2ccc(C)cc2)cc1Br. The fourth-order valence-corrected chi connectivity index (χ4v) is 7.17. The average molecular weight is 657 g/mol. The Labute approximate surface area is 257 Å². The zero-order valence-electron chi connectivity index (χ0n) is 24.5. The van der Waals surface area contributed by atoms with Crippen LogP contribution in [0, 0.1) is 13.8 Å². The lowest BCUT2D eigenvalue weighted by Crippen LogP contribution is -2.52. The summed E-state index contributed by atoms with van der Waals surface area (Å²) in [5, 5.41) is 3.09. The van der Waals surface area contributed by atoms with Crippen molar-refractivity contribution in [3.8, 4) is 5.75 Å². The van der Waals surface area contributed by atoms with Crippen molar-refractivity contribution in [2.45, 2.75) is 70.0 Å². The first-order valence-electron chi connectivity index (χ1n) is 14.1. The number of rotatable bonds is 11. The first-order valence-corrected chi connectivity index (χ1v) is 16.3. The topological polar surface area (TPSA) is 96.0 Å². The second kappa shape index (κ2) is 13.7. The predicted molar refractivity (Wildman–Crippen MR) is 168 cm³/mol. The van der Waals surface area contributed by atoms with Gasteiger partial charge >= 0.3 is 0 Å². The molecule has 1 fully saturated rings. The molecular formula is C32H38BrN3O5S.